The van der Waals surface area contributed by atoms with Gasteiger partial charge in [-0.25, -0.2) is 0 Å². The zero-order valence-electron chi connectivity index (χ0n) is 6.60. The van der Waals surface area contributed by atoms with E-state index in [0.29, 0.717) is 0 Å². The number of phenols is 1. The third-order valence-electron chi connectivity index (χ3n) is 2.04. The first kappa shape index (κ1) is 7.58. The molecular formula is C9H11NO2. The summed E-state index contributed by atoms with van der Waals surface area (Å²) in [5.74, 6) is 0.266. The predicted octanol–water partition coefficient (Wildman–Crippen LogP) is 0.791. The van der Waals surface area contributed by atoms with Crippen LogP contribution >= 0.6 is 0 Å². The van der Waals surface area contributed by atoms with Crippen molar-refractivity contribution in [1.82, 2.24) is 0 Å². The highest BCUT2D eigenvalue weighted by Gasteiger charge is 2.30. The van der Waals surface area contributed by atoms with E-state index in [9.17, 15) is 0 Å². The maximum atomic E-state index is 9.02. The van der Waals surface area contributed by atoms with Gasteiger partial charge in [0.05, 0.1) is 12.6 Å². The molecule has 1 saturated heterocycles. The molecule has 2 rings (SSSR count). The van der Waals surface area contributed by atoms with Crippen LogP contribution in [0.25, 0.3) is 0 Å². The number of hydrogen-bond donors (Lipinski definition) is 2. The average Bonchev–Trinajstić information content (AvgIpc) is 2.87. The Hall–Kier alpha value is -1.06. The van der Waals surface area contributed by atoms with Crippen molar-refractivity contribution in [3.05, 3.63) is 29.8 Å². The van der Waals surface area contributed by atoms with Crippen LogP contribution < -0.4 is 5.73 Å². The molecule has 1 aromatic rings. The Bertz CT molecular complexity index is 266. The summed E-state index contributed by atoms with van der Waals surface area (Å²) < 4.78 is 5.07. The maximum Gasteiger partial charge on any atom is 0.115 e. The first-order valence-electron chi connectivity index (χ1n) is 3.93. The number of rotatable bonds is 2. The van der Waals surface area contributed by atoms with E-state index in [1.807, 2.05) is 12.1 Å². The van der Waals surface area contributed by atoms with Gasteiger partial charge in [0.1, 0.15) is 11.9 Å². The predicted molar refractivity (Wildman–Crippen MR) is 44.8 cm³/mol. The van der Waals surface area contributed by atoms with Gasteiger partial charge >= 0.3 is 0 Å². The third-order valence-corrected chi connectivity index (χ3v) is 2.04. The molecule has 2 unspecified atom stereocenters. The molecule has 0 amide bonds. The molecule has 0 saturated carbocycles. The van der Waals surface area contributed by atoms with Gasteiger partial charge in [-0.05, 0) is 17.7 Å². The van der Waals surface area contributed by atoms with Gasteiger partial charge in [0.2, 0.25) is 0 Å². The summed E-state index contributed by atoms with van der Waals surface area (Å²) in [6, 6.07) is 6.86. The molecule has 12 heavy (non-hydrogen) atoms. The summed E-state index contributed by atoms with van der Waals surface area (Å²) in [4.78, 5) is 0. The van der Waals surface area contributed by atoms with Crippen LogP contribution in [-0.4, -0.2) is 17.8 Å². The maximum absolute atomic E-state index is 9.02. The third kappa shape index (κ3) is 1.42. The average molecular weight is 165 g/mol. The highest BCUT2D eigenvalue weighted by molar-refractivity contribution is 5.28. The number of hydrogen-bond acceptors (Lipinski definition) is 3. The topological polar surface area (TPSA) is 58.8 Å². The second-order valence-corrected chi connectivity index (χ2v) is 2.99. The summed E-state index contributed by atoms with van der Waals surface area (Å²) in [6.45, 7) is 0.752. The Kier molecular flexibility index (Phi) is 1.75. The van der Waals surface area contributed by atoms with Gasteiger partial charge < -0.3 is 15.6 Å². The van der Waals surface area contributed by atoms with Crippen molar-refractivity contribution in [1.29, 1.82) is 0 Å². The minimum absolute atomic E-state index is 0.0504. The molecule has 1 fully saturated rings. The van der Waals surface area contributed by atoms with E-state index < -0.39 is 0 Å². The van der Waals surface area contributed by atoms with Gasteiger partial charge in [-0.2, -0.15) is 0 Å². The molecule has 1 heterocycles. The number of phenolic OH excluding ortho intramolecular Hbond substituents is 1. The molecule has 3 N–H and O–H groups in total. The summed E-state index contributed by atoms with van der Waals surface area (Å²) in [5.41, 5.74) is 6.85. The summed E-state index contributed by atoms with van der Waals surface area (Å²) >= 11 is 0. The standard InChI is InChI=1S/C9H11NO2/c10-9(8-5-12-8)6-1-3-7(11)4-2-6/h1-4,8-9,11H,5,10H2. The number of nitrogens with two attached hydrogens (primary N) is 1. The molecule has 1 aliphatic heterocycles. The Balaban J connectivity index is 2.16. The lowest BCUT2D eigenvalue weighted by molar-refractivity contribution is 0.376. The second-order valence-electron chi connectivity index (χ2n) is 2.99. The molecule has 2 atom stereocenters. The van der Waals surface area contributed by atoms with Crippen LogP contribution in [0, 0.1) is 0 Å². The van der Waals surface area contributed by atoms with E-state index >= 15 is 0 Å². The van der Waals surface area contributed by atoms with Gasteiger partial charge in [0.15, 0.2) is 0 Å². The lowest BCUT2D eigenvalue weighted by Crippen LogP contribution is -2.16. The van der Waals surface area contributed by atoms with Crippen molar-refractivity contribution in [2.45, 2.75) is 12.1 Å². The van der Waals surface area contributed by atoms with Gasteiger partial charge in [0.25, 0.3) is 0 Å². The largest absolute Gasteiger partial charge is 0.508 e. The van der Waals surface area contributed by atoms with Crippen molar-refractivity contribution < 1.29 is 9.84 Å². The van der Waals surface area contributed by atoms with E-state index in [4.69, 9.17) is 15.6 Å². The molecule has 0 aromatic heterocycles. The number of epoxide rings is 1. The van der Waals surface area contributed by atoms with Crippen molar-refractivity contribution in [2.75, 3.05) is 6.61 Å². The Labute approximate surface area is 70.8 Å². The first-order valence-corrected chi connectivity index (χ1v) is 3.93. The number of aromatic hydroxyl groups is 1. The highest BCUT2D eigenvalue weighted by Crippen LogP contribution is 2.25. The van der Waals surface area contributed by atoms with Gasteiger partial charge in [-0.3, -0.25) is 0 Å². The van der Waals surface area contributed by atoms with Crippen LogP contribution in [0.1, 0.15) is 11.6 Å². The molecule has 0 bridgehead atoms. The summed E-state index contributed by atoms with van der Waals surface area (Å²) in [7, 11) is 0. The fraction of sp³-hybridized carbons (Fsp3) is 0.333. The van der Waals surface area contributed by atoms with Crippen molar-refractivity contribution in [3.63, 3.8) is 0 Å². The molecule has 1 aliphatic rings. The van der Waals surface area contributed by atoms with E-state index in [1.54, 1.807) is 12.1 Å². The highest BCUT2D eigenvalue weighted by atomic mass is 16.6. The van der Waals surface area contributed by atoms with E-state index in [1.165, 1.54) is 0 Å². The molecule has 0 aliphatic carbocycles. The molecule has 0 radical (unpaired) electrons. The monoisotopic (exact) mass is 165 g/mol. The van der Waals surface area contributed by atoms with Crippen LogP contribution in [0.3, 0.4) is 0 Å². The Morgan fingerprint density at radius 3 is 2.50 bits per heavy atom. The fourth-order valence-corrected chi connectivity index (χ4v) is 1.17. The quantitative estimate of drug-likeness (QED) is 0.637. The lowest BCUT2D eigenvalue weighted by atomic mass is 10.1. The van der Waals surface area contributed by atoms with E-state index in [2.05, 4.69) is 0 Å². The van der Waals surface area contributed by atoms with Crippen molar-refractivity contribution in [3.8, 4) is 5.75 Å². The van der Waals surface area contributed by atoms with Crippen LogP contribution in [-0.2, 0) is 4.74 Å². The van der Waals surface area contributed by atoms with Crippen LogP contribution in [0.2, 0.25) is 0 Å². The SMILES string of the molecule is NC(c1ccc(O)cc1)C1CO1. The van der Waals surface area contributed by atoms with Gasteiger partial charge in [-0.1, -0.05) is 12.1 Å². The minimum Gasteiger partial charge on any atom is -0.508 e. The van der Waals surface area contributed by atoms with Crippen molar-refractivity contribution >= 4 is 0 Å². The van der Waals surface area contributed by atoms with Crippen LogP contribution in [0.15, 0.2) is 24.3 Å². The van der Waals surface area contributed by atoms with Gasteiger partial charge in [-0.15, -0.1) is 0 Å². The molecule has 3 heteroatoms. The summed E-state index contributed by atoms with van der Waals surface area (Å²) in [5, 5.41) is 9.02. The Morgan fingerprint density at radius 2 is 2.00 bits per heavy atom. The van der Waals surface area contributed by atoms with Crippen LogP contribution in [0.5, 0.6) is 5.75 Å². The summed E-state index contributed by atoms with van der Waals surface area (Å²) in [6.07, 6.45) is 0.176. The minimum atomic E-state index is -0.0504. The van der Waals surface area contributed by atoms with E-state index in [0.717, 1.165) is 12.2 Å². The normalized spacial score (nSPS) is 23.6. The zero-order chi connectivity index (χ0) is 8.55. The number of ether oxygens (including phenoxy) is 1. The molecule has 1 aromatic carbocycles. The van der Waals surface area contributed by atoms with Crippen molar-refractivity contribution in [2.24, 2.45) is 5.73 Å². The molecular weight excluding hydrogens is 154 g/mol. The Morgan fingerprint density at radius 1 is 1.42 bits per heavy atom. The first-order chi connectivity index (χ1) is 5.77. The fourth-order valence-electron chi connectivity index (χ4n) is 1.17. The smallest absolute Gasteiger partial charge is 0.115 e. The lowest BCUT2D eigenvalue weighted by Gasteiger charge is -2.07. The zero-order valence-corrected chi connectivity index (χ0v) is 6.60. The number of benzene rings is 1. The van der Waals surface area contributed by atoms with Crippen LogP contribution in [0.4, 0.5) is 0 Å². The van der Waals surface area contributed by atoms with Gasteiger partial charge in [0, 0.05) is 0 Å². The molecule has 3 nitrogen and oxygen atoms in total. The second kappa shape index (κ2) is 2.77. The molecule has 64 valence electrons. The molecule has 0 spiro atoms. The van der Waals surface area contributed by atoms with E-state index in [-0.39, 0.29) is 17.9 Å².